The number of ether oxygens (including phenoxy) is 1. The van der Waals surface area contributed by atoms with Gasteiger partial charge in [0.05, 0.1) is 11.1 Å². The zero-order valence-corrected chi connectivity index (χ0v) is 21.7. The van der Waals surface area contributed by atoms with E-state index >= 15 is 0 Å². The fourth-order valence-electron chi connectivity index (χ4n) is 4.56. The molecule has 0 saturated heterocycles. The van der Waals surface area contributed by atoms with Crippen LogP contribution in [0.3, 0.4) is 0 Å². The number of benzene rings is 1. The van der Waals surface area contributed by atoms with Gasteiger partial charge in [-0.1, -0.05) is 18.2 Å². The molecule has 2 aromatic heterocycles. The molecule has 1 saturated carbocycles. The SMILES string of the molecule is Cc1c(CN[C@H]2CC[C@H](CNc3nc(NCc4ccccc4OC(F)(F)F)ncc3[N+](=O)[O-])CC2)cnn1C. The third-order valence-electron chi connectivity index (χ3n) is 6.92. The van der Waals surface area contributed by atoms with Crippen LogP contribution in [0.25, 0.3) is 0 Å². The third kappa shape index (κ3) is 7.78. The molecule has 0 radical (unpaired) electrons. The topological polar surface area (TPSA) is 132 Å². The van der Waals surface area contributed by atoms with Crippen LogP contribution in [0, 0.1) is 23.0 Å². The first-order valence-corrected chi connectivity index (χ1v) is 12.6. The first kappa shape index (κ1) is 28.1. The molecule has 3 aromatic rings. The minimum absolute atomic E-state index is 0.0449. The van der Waals surface area contributed by atoms with Crippen LogP contribution < -0.4 is 20.7 Å². The molecule has 1 aromatic carbocycles. The monoisotopic (exact) mass is 548 g/mol. The maximum atomic E-state index is 12.7. The molecular formula is C25H31F3N8O3. The normalized spacial score (nSPS) is 17.6. The number of halogens is 3. The summed E-state index contributed by atoms with van der Waals surface area (Å²) < 4.78 is 44.0. The summed E-state index contributed by atoms with van der Waals surface area (Å²) in [5.41, 5.74) is 2.27. The predicted octanol–water partition coefficient (Wildman–Crippen LogP) is 4.70. The van der Waals surface area contributed by atoms with E-state index in [4.69, 9.17) is 0 Å². The average molecular weight is 549 g/mol. The Hall–Kier alpha value is -3.94. The number of aromatic nitrogens is 4. The molecule has 4 rings (SSSR count). The van der Waals surface area contributed by atoms with Crippen molar-refractivity contribution in [3.05, 3.63) is 63.6 Å². The number of nitrogens with one attached hydrogen (secondary N) is 3. The number of nitrogens with zero attached hydrogens (tertiary/aromatic N) is 5. The number of nitro groups is 1. The molecule has 210 valence electrons. The minimum atomic E-state index is -4.83. The van der Waals surface area contributed by atoms with Crippen LogP contribution >= 0.6 is 0 Å². The van der Waals surface area contributed by atoms with Crippen molar-refractivity contribution < 1.29 is 22.8 Å². The van der Waals surface area contributed by atoms with Crippen LogP contribution in [-0.4, -0.2) is 43.6 Å². The van der Waals surface area contributed by atoms with Crippen molar-refractivity contribution in [2.24, 2.45) is 13.0 Å². The number of rotatable bonds is 11. The average Bonchev–Trinajstić information content (AvgIpc) is 3.22. The maximum Gasteiger partial charge on any atom is 0.573 e. The quantitative estimate of drug-likeness (QED) is 0.230. The Morgan fingerprint density at radius 2 is 1.85 bits per heavy atom. The summed E-state index contributed by atoms with van der Waals surface area (Å²) in [5, 5.41) is 25.3. The standard InChI is InChI=1S/C25H31F3N8O3/c1-16-19(14-33-35(16)2)13-29-20-9-7-17(8-10-20)11-30-23-21(36(37)38)15-32-24(34-23)31-12-18-5-3-4-6-22(18)39-25(26,27)28/h3-6,14-15,17,20,29H,7-13H2,1-2H3,(H2,30,31,32,34)/t17-,20-. The first-order valence-electron chi connectivity index (χ1n) is 12.6. The van der Waals surface area contributed by atoms with Crippen LogP contribution in [0.4, 0.5) is 30.6 Å². The van der Waals surface area contributed by atoms with Gasteiger partial charge in [-0.25, -0.2) is 4.98 Å². The highest BCUT2D eigenvalue weighted by molar-refractivity contribution is 5.57. The van der Waals surface area contributed by atoms with Crippen LogP contribution in [0.1, 0.15) is 42.5 Å². The Kier molecular flexibility index (Phi) is 8.84. The van der Waals surface area contributed by atoms with Gasteiger partial charge in [-0.15, -0.1) is 13.2 Å². The largest absolute Gasteiger partial charge is 0.573 e. The van der Waals surface area contributed by atoms with E-state index < -0.39 is 11.3 Å². The van der Waals surface area contributed by atoms with Crippen LogP contribution in [-0.2, 0) is 20.1 Å². The summed E-state index contributed by atoms with van der Waals surface area (Å²) >= 11 is 0. The highest BCUT2D eigenvalue weighted by atomic mass is 19.4. The number of alkyl halides is 3. The van der Waals surface area contributed by atoms with Gasteiger partial charge >= 0.3 is 12.0 Å². The highest BCUT2D eigenvalue weighted by Gasteiger charge is 2.32. The third-order valence-corrected chi connectivity index (χ3v) is 6.92. The second-order valence-electron chi connectivity index (χ2n) is 9.55. The van der Waals surface area contributed by atoms with E-state index in [0.717, 1.165) is 44.1 Å². The predicted molar refractivity (Wildman–Crippen MR) is 138 cm³/mol. The minimum Gasteiger partial charge on any atom is -0.405 e. The van der Waals surface area contributed by atoms with Gasteiger partial charge in [0, 0.05) is 49.5 Å². The van der Waals surface area contributed by atoms with Gasteiger partial charge in [0.1, 0.15) is 11.9 Å². The van der Waals surface area contributed by atoms with Crippen molar-refractivity contribution in [3.63, 3.8) is 0 Å². The fourth-order valence-corrected chi connectivity index (χ4v) is 4.56. The van der Waals surface area contributed by atoms with E-state index in [9.17, 15) is 23.3 Å². The van der Waals surface area contributed by atoms with Crippen LogP contribution in [0.2, 0.25) is 0 Å². The van der Waals surface area contributed by atoms with Crippen molar-refractivity contribution >= 4 is 17.5 Å². The van der Waals surface area contributed by atoms with Crippen LogP contribution in [0.15, 0.2) is 36.7 Å². The van der Waals surface area contributed by atoms with Gasteiger partial charge in [-0.3, -0.25) is 14.8 Å². The Balaban J connectivity index is 1.31. The lowest BCUT2D eigenvalue weighted by atomic mass is 9.86. The van der Waals surface area contributed by atoms with Gasteiger partial charge in [0.25, 0.3) is 0 Å². The van der Waals surface area contributed by atoms with E-state index in [1.165, 1.54) is 23.8 Å². The lowest BCUT2D eigenvalue weighted by molar-refractivity contribution is -0.384. The Morgan fingerprint density at radius 3 is 2.51 bits per heavy atom. The van der Waals surface area contributed by atoms with Crippen molar-refractivity contribution in [1.82, 2.24) is 25.1 Å². The van der Waals surface area contributed by atoms with E-state index in [-0.39, 0.29) is 35.3 Å². The second-order valence-corrected chi connectivity index (χ2v) is 9.55. The zero-order chi connectivity index (χ0) is 28.0. The number of hydrogen-bond acceptors (Lipinski definition) is 9. The van der Waals surface area contributed by atoms with Gasteiger partial charge in [0.2, 0.25) is 11.8 Å². The summed E-state index contributed by atoms with van der Waals surface area (Å²) in [5.74, 6) is 0.0760. The van der Waals surface area contributed by atoms with E-state index in [0.29, 0.717) is 18.5 Å². The van der Waals surface area contributed by atoms with Crippen molar-refractivity contribution in [3.8, 4) is 5.75 Å². The molecule has 0 atom stereocenters. The first-order chi connectivity index (χ1) is 18.6. The number of aryl methyl sites for hydroxylation is 1. The van der Waals surface area contributed by atoms with Crippen molar-refractivity contribution in [1.29, 1.82) is 0 Å². The summed E-state index contributed by atoms with van der Waals surface area (Å²) in [6.07, 6.45) is 2.02. The molecule has 1 aliphatic rings. The molecule has 0 spiro atoms. The van der Waals surface area contributed by atoms with E-state index in [1.807, 2.05) is 24.9 Å². The number of anilines is 2. The number of para-hydroxylation sites is 1. The molecule has 3 N–H and O–H groups in total. The molecule has 2 heterocycles. The Labute approximate surface area is 223 Å². The molecule has 0 unspecified atom stereocenters. The van der Waals surface area contributed by atoms with E-state index in [1.54, 1.807) is 6.07 Å². The molecule has 0 bridgehead atoms. The summed E-state index contributed by atoms with van der Waals surface area (Å²) in [6, 6.07) is 6.09. The molecule has 14 heteroatoms. The Morgan fingerprint density at radius 1 is 1.10 bits per heavy atom. The highest BCUT2D eigenvalue weighted by Crippen LogP contribution is 2.29. The molecule has 1 fully saturated rings. The molecular weight excluding hydrogens is 517 g/mol. The van der Waals surface area contributed by atoms with Crippen LogP contribution in [0.5, 0.6) is 5.75 Å². The summed E-state index contributed by atoms with van der Waals surface area (Å²) in [6.45, 7) is 3.25. The van der Waals surface area contributed by atoms with Gasteiger partial charge in [-0.2, -0.15) is 10.1 Å². The molecule has 11 nitrogen and oxygen atoms in total. The van der Waals surface area contributed by atoms with E-state index in [2.05, 4.69) is 35.8 Å². The summed E-state index contributed by atoms with van der Waals surface area (Å²) in [7, 11) is 1.92. The number of hydrogen-bond donors (Lipinski definition) is 3. The smallest absolute Gasteiger partial charge is 0.405 e. The Bertz CT molecular complexity index is 1280. The molecule has 0 aliphatic heterocycles. The lowest BCUT2D eigenvalue weighted by Crippen LogP contribution is -2.34. The van der Waals surface area contributed by atoms with Crippen molar-refractivity contribution in [2.45, 2.75) is 58.1 Å². The van der Waals surface area contributed by atoms with Gasteiger partial charge in [-0.05, 0) is 44.6 Å². The molecule has 1 aliphatic carbocycles. The summed E-state index contributed by atoms with van der Waals surface area (Å²) in [4.78, 5) is 19.1. The van der Waals surface area contributed by atoms with Gasteiger partial charge < -0.3 is 20.7 Å². The van der Waals surface area contributed by atoms with Crippen molar-refractivity contribution in [2.75, 3.05) is 17.2 Å². The fraction of sp³-hybridized carbons (Fsp3) is 0.480. The lowest BCUT2D eigenvalue weighted by Gasteiger charge is -2.29. The second kappa shape index (κ2) is 12.3. The molecule has 0 amide bonds. The zero-order valence-electron chi connectivity index (χ0n) is 21.7. The van der Waals surface area contributed by atoms with Gasteiger partial charge in [0.15, 0.2) is 0 Å². The molecule has 39 heavy (non-hydrogen) atoms. The maximum absolute atomic E-state index is 12.7.